The van der Waals surface area contributed by atoms with Crippen LogP contribution in [-0.4, -0.2) is 34.2 Å². The maximum Gasteiger partial charge on any atom is 0.326 e. The summed E-state index contributed by atoms with van der Waals surface area (Å²) in [6.45, 7) is 3.75. The average molecular weight is 289 g/mol. The lowest BCUT2D eigenvalue weighted by Gasteiger charge is -2.16. The van der Waals surface area contributed by atoms with E-state index in [9.17, 15) is 9.90 Å². The highest BCUT2D eigenvalue weighted by Crippen LogP contribution is 2.21. The van der Waals surface area contributed by atoms with Gasteiger partial charge in [0.25, 0.3) is 0 Å². The SMILES string of the molecule is CCCC(Nc1nc2ccc(OC)cc2nc1C)C(=O)O. The smallest absolute Gasteiger partial charge is 0.326 e. The van der Waals surface area contributed by atoms with Crippen molar-refractivity contribution in [2.45, 2.75) is 32.7 Å². The second-order valence-corrected chi connectivity index (χ2v) is 4.84. The average Bonchev–Trinajstić information content (AvgIpc) is 2.46. The standard InChI is InChI=1S/C15H19N3O3/c1-4-5-12(15(19)20)18-14-9(2)16-13-8-10(21-3)6-7-11(13)17-14/h6-8,12H,4-5H2,1-3H3,(H,17,18)(H,19,20). The van der Waals surface area contributed by atoms with E-state index in [1.807, 2.05) is 6.92 Å². The monoisotopic (exact) mass is 289 g/mol. The fourth-order valence-corrected chi connectivity index (χ4v) is 2.10. The molecule has 2 aromatic rings. The molecule has 6 heteroatoms. The Hall–Kier alpha value is -2.37. The van der Waals surface area contributed by atoms with Crippen LogP contribution in [0.5, 0.6) is 5.75 Å². The molecule has 1 aromatic carbocycles. The number of ether oxygens (including phenoxy) is 1. The van der Waals surface area contributed by atoms with E-state index in [1.165, 1.54) is 0 Å². The van der Waals surface area contributed by atoms with E-state index >= 15 is 0 Å². The van der Waals surface area contributed by atoms with Gasteiger partial charge in [-0.05, 0) is 25.5 Å². The van der Waals surface area contributed by atoms with Crippen LogP contribution in [0.2, 0.25) is 0 Å². The van der Waals surface area contributed by atoms with Crippen molar-refractivity contribution in [3.63, 3.8) is 0 Å². The molecule has 0 saturated heterocycles. The number of hydrogen-bond acceptors (Lipinski definition) is 5. The summed E-state index contributed by atoms with van der Waals surface area (Å²) in [6, 6.07) is 4.76. The summed E-state index contributed by atoms with van der Waals surface area (Å²) in [5.74, 6) is 0.340. The third-order valence-corrected chi connectivity index (χ3v) is 3.23. The Balaban J connectivity index is 2.36. The molecule has 6 nitrogen and oxygen atoms in total. The molecule has 0 amide bonds. The Bertz CT molecular complexity index is 658. The molecule has 0 fully saturated rings. The number of nitrogens with one attached hydrogen (secondary N) is 1. The summed E-state index contributed by atoms with van der Waals surface area (Å²) in [4.78, 5) is 20.1. The van der Waals surface area contributed by atoms with E-state index in [0.717, 1.165) is 11.9 Å². The second-order valence-electron chi connectivity index (χ2n) is 4.84. The molecule has 0 bridgehead atoms. The summed E-state index contributed by atoms with van der Waals surface area (Å²) < 4.78 is 5.16. The number of aromatic nitrogens is 2. The number of nitrogens with zero attached hydrogens (tertiary/aromatic N) is 2. The first-order valence-electron chi connectivity index (χ1n) is 6.87. The Morgan fingerprint density at radius 3 is 2.76 bits per heavy atom. The number of carbonyl (C=O) groups is 1. The number of aryl methyl sites for hydroxylation is 1. The van der Waals surface area contributed by atoms with Gasteiger partial charge in [0.05, 0.1) is 23.8 Å². The third-order valence-electron chi connectivity index (χ3n) is 3.23. The van der Waals surface area contributed by atoms with E-state index < -0.39 is 12.0 Å². The minimum absolute atomic E-state index is 0.508. The van der Waals surface area contributed by atoms with Crippen LogP contribution in [0.15, 0.2) is 18.2 Å². The maximum atomic E-state index is 11.2. The van der Waals surface area contributed by atoms with Crippen LogP contribution in [0.3, 0.4) is 0 Å². The molecule has 0 spiro atoms. The normalized spacial score (nSPS) is 12.1. The zero-order chi connectivity index (χ0) is 15.4. The first-order valence-corrected chi connectivity index (χ1v) is 6.87. The van der Waals surface area contributed by atoms with E-state index in [1.54, 1.807) is 32.2 Å². The van der Waals surface area contributed by atoms with Gasteiger partial charge in [-0.2, -0.15) is 0 Å². The molecule has 2 rings (SSSR count). The van der Waals surface area contributed by atoms with E-state index in [4.69, 9.17) is 4.74 Å². The zero-order valence-electron chi connectivity index (χ0n) is 12.4. The minimum Gasteiger partial charge on any atom is -0.497 e. The number of carboxylic acids is 1. The quantitative estimate of drug-likeness (QED) is 0.850. The first kappa shape index (κ1) is 15.0. The molecule has 0 radical (unpaired) electrons. The lowest BCUT2D eigenvalue weighted by molar-refractivity contribution is -0.138. The highest BCUT2D eigenvalue weighted by molar-refractivity contribution is 5.80. The molecule has 0 aliphatic heterocycles. The Morgan fingerprint density at radius 1 is 1.38 bits per heavy atom. The van der Waals surface area contributed by atoms with Crippen molar-refractivity contribution < 1.29 is 14.6 Å². The zero-order valence-corrected chi connectivity index (χ0v) is 12.4. The molecule has 0 aliphatic rings. The van der Waals surface area contributed by atoms with Crippen molar-refractivity contribution in [1.29, 1.82) is 0 Å². The third kappa shape index (κ3) is 3.39. The number of fused-ring (bicyclic) bond motifs is 1. The van der Waals surface area contributed by atoms with Gasteiger partial charge in [0, 0.05) is 6.07 Å². The van der Waals surface area contributed by atoms with Crippen LogP contribution in [-0.2, 0) is 4.79 Å². The molecule has 21 heavy (non-hydrogen) atoms. The first-order chi connectivity index (χ1) is 10.0. The lowest BCUT2D eigenvalue weighted by atomic mass is 10.1. The van der Waals surface area contributed by atoms with Crippen molar-refractivity contribution in [1.82, 2.24) is 9.97 Å². The number of methoxy groups -OCH3 is 1. The minimum atomic E-state index is -0.882. The molecule has 1 aromatic heterocycles. The number of rotatable bonds is 6. The summed E-state index contributed by atoms with van der Waals surface area (Å²) in [6.07, 6.45) is 1.32. The van der Waals surface area contributed by atoms with Crippen LogP contribution in [0, 0.1) is 6.92 Å². The summed E-state index contributed by atoms with van der Waals surface area (Å²) in [5, 5.41) is 12.2. The van der Waals surface area contributed by atoms with Crippen LogP contribution in [0.1, 0.15) is 25.5 Å². The molecular formula is C15H19N3O3. The van der Waals surface area contributed by atoms with Crippen LogP contribution in [0.25, 0.3) is 11.0 Å². The van der Waals surface area contributed by atoms with E-state index in [0.29, 0.717) is 29.2 Å². The maximum absolute atomic E-state index is 11.2. The fourth-order valence-electron chi connectivity index (χ4n) is 2.10. The topological polar surface area (TPSA) is 84.3 Å². The van der Waals surface area contributed by atoms with E-state index in [2.05, 4.69) is 15.3 Å². The van der Waals surface area contributed by atoms with Gasteiger partial charge in [-0.1, -0.05) is 13.3 Å². The molecule has 112 valence electrons. The fraction of sp³-hybridized carbons (Fsp3) is 0.400. The Kier molecular flexibility index (Phi) is 4.57. The highest BCUT2D eigenvalue weighted by Gasteiger charge is 2.18. The second kappa shape index (κ2) is 6.39. The highest BCUT2D eigenvalue weighted by atomic mass is 16.5. The summed E-state index contributed by atoms with van der Waals surface area (Å²) in [7, 11) is 1.60. The van der Waals surface area contributed by atoms with Gasteiger partial charge < -0.3 is 15.2 Å². The van der Waals surface area contributed by atoms with Crippen LogP contribution < -0.4 is 10.1 Å². The molecule has 0 aliphatic carbocycles. The molecule has 1 heterocycles. The van der Waals surface area contributed by atoms with Crippen LogP contribution in [0.4, 0.5) is 5.82 Å². The van der Waals surface area contributed by atoms with E-state index in [-0.39, 0.29) is 0 Å². The van der Waals surface area contributed by atoms with Gasteiger partial charge in [0.2, 0.25) is 0 Å². The van der Waals surface area contributed by atoms with Crippen molar-refractivity contribution in [3.8, 4) is 5.75 Å². The van der Waals surface area contributed by atoms with Gasteiger partial charge in [0.15, 0.2) is 0 Å². The van der Waals surface area contributed by atoms with Crippen molar-refractivity contribution >= 4 is 22.8 Å². The van der Waals surface area contributed by atoms with Gasteiger partial charge >= 0.3 is 5.97 Å². The number of anilines is 1. The van der Waals surface area contributed by atoms with Gasteiger partial charge in [-0.25, -0.2) is 14.8 Å². The molecule has 1 atom stereocenters. The molecule has 1 unspecified atom stereocenters. The van der Waals surface area contributed by atoms with Crippen molar-refractivity contribution in [3.05, 3.63) is 23.9 Å². The summed E-state index contributed by atoms with van der Waals surface area (Å²) in [5.41, 5.74) is 2.09. The van der Waals surface area contributed by atoms with Crippen LogP contribution >= 0.6 is 0 Å². The molecule has 0 saturated carbocycles. The lowest BCUT2D eigenvalue weighted by Crippen LogP contribution is -2.29. The molecular weight excluding hydrogens is 270 g/mol. The van der Waals surface area contributed by atoms with Gasteiger partial charge in [-0.15, -0.1) is 0 Å². The largest absolute Gasteiger partial charge is 0.497 e. The van der Waals surface area contributed by atoms with Gasteiger partial charge in [-0.3, -0.25) is 0 Å². The Labute approximate surface area is 123 Å². The number of benzene rings is 1. The Morgan fingerprint density at radius 2 is 2.14 bits per heavy atom. The van der Waals surface area contributed by atoms with Gasteiger partial charge in [0.1, 0.15) is 17.6 Å². The predicted molar refractivity (Wildman–Crippen MR) is 80.8 cm³/mol. The summed E-state index contributed by atoms with van der Waals surface area (Å²) >= 11 is 0. The van der Waals surface area contributed by atoms with Crippen molar-refractivity contribution in [2.24, 2.45) is 0 Å². The number of hydrogen-bond donors (Lipinski definition) is 2. The molecule has 2 N–H and O–H groups in total. The number of aliphatic carboxylic acids is 1. The number of carboxylic acid groups (broad SMARTS) is 1. The predicted octanol–water partition coefficient (Wildman–Crippen LogP) is 2.61. The van der Waals surface area contributed by atoms with Crippen molar-refractivity contribution in [2.75, 3.05) is 12.4 Å².